The molecule has 1 aromatic heterocycles. The number of nitrogens with one attached hydrogen (secondary N) is 2. The lowest BCUT2D eigenvalue weighted by molar-refractivity contribution is -0.115. The molecule has 1 aliphatic carbocycles. The van der Waals surface area contributed by atoms with Crippen molar-refractivity contribution in [2.24, 2.45) is 0 Å². The van der Waals surface area contributed by atoms with Gasteiger partial charge in [-0.25, -0.2) is 4.98 Å². The van der Waals surface area contributed by atoms with Gasteiger partial charge >= 0.3 is 0 Å². The first-order chi connectivity index (χ1) is 12.7. The van der Waals surface area contributed by atoms with Crippen LogP contribution in [0, 0.1) is 0 Å². The van der Waals surface area contributed by atoms with Crippen LogP contribution in [-0.2, 0) is 11.2 Å². The molecule has 0 bridgehead atoms. The fraction of sp³-hybridized carbons (Fsp3) is 0.300. The molecule has 1 aliphatic rings. The number of amides is 1. The van der Waals surface area contributed by atoms with Crippen molar-refractivity contribution < 1.29 is 14.3 Å². The van der Waals surface area contributed by atoms with Crippen LogP contribution in [0.15, 0.2) is 36.4 Å². The third-order valence-electron chi connectivity index (χ3n) is 4.61. The van der Waals surface area contributed by atoms with Crippen LogP contribution in [0.1, 0.15) is 30.1 Å². The summed E-state index contributed by atoms with van der Waals surface area (Å²) in [7, 11) is 3.25. The Morgan fingerprint density at radius 3 is 2.58 bits per heavy atom. The highest BCUT2D eigenvalue weighted by Crippen LogP contribution is 2.41. The lowest BCUT2D eigenvalue weighted by Gasteiger charge is -2.08. The average Bonchev–Trinajstić information content (AvgIpc) is 3.41. The average molecular weight is 351 g/mol. The summed E-state index contributed by atoms with van der Waals surface area (Å²) in [5.41, 5.74) is 3.20. The van der Waals surface area contributed by atoms with Gasteiger partial charge in [-0.1, -0.05) is 12.1 Å². The van der Waals surface area contributed by atoms with Gasteiger partial charge in [0.2, 0.25) is 5.91 Å². The molecule has 0 atom stereocenters. The van der Waals surface area contributed by atoms with Crippen LogP contribution in [-0.4, -0.2) is 30.1 Å². The molecule has 1 fully saturated rings. The van der Waals surface area contributed by atoms with Gasteiger partial charge in [0.1, 0.15) is 28.4 Å². The maximum Gasteiger partial charge on any atom is 0.228 e. The molecule has 1 saturated carbocycles. The number of rotatable bonds is 6. The Bertz CT molecular complexity index is 943. The van der Waals surface area contributed by atoms with E-state index < -0.39 is 0 Å². The van der Waals surface area contributed by atoms with Gasteiger partial charge in [-0.05, 0) is 42.7 Å². The Kier molecular flexibility index (Phi) is 4.24. The second kappa shape index (κ2) is 6.71. The van der Waals surface area contributed by atoms with E-state index in [1.165, 1.54) is 0 Å². The van der Waals surface area contributed by atoms with Crippen LogP contribution in [0.4, 0.5) is 5.69 Å². The smallest absolute Gasteiger partial charge is 0.228 e. The number of ether oxygens (including phenoxy) is 2. The van der Waals surface area contributed by atoms with Gasteiger partial charge in [0.25, 0.3) is 0 Å². The lowest BCUT2D eigenvalue weighted by Crippen LogP contribution is -2.14. The summed E-state index contributed by atoms with van der Waals surface area (Å²) in [5, 5.41) is 2.98. The summed E-state index contributed by atoms with van der Waals surface area (Å²) in [5.74, 6) is 2.88. The highest BCUT2D eigenvalue weighted by atomic mass is 16.5. The summed E-state index contributed by atoms with van der Waals surface area (Å²) in [4.78, 5) is 20.5. The molecular weight excluding hydrogens is 330 g/mol. The molecular formula is C20H21N3O3. The van der Waals surface area contributed by atoms with E-state index in [9.17, 15) is 4.79 Å². The molecule has 6 heteroatoms. The van der Waals surface area contributed by atoms with E-state index in [0.29, 0.717) is 11.6 Å². The fourth-order valence-corrected chi connectivity index (χ4v) is 3.03. The third kappa shape index (κ3) is 3.22. The third-order valence-corrected chi connectivity index (χ3v) is 4.61. The monoisotopic (exact) mass is 351 g/mol. The lowest BCUT2D eigenvalue weighted by atomic mass is 10.1. The zero-order valence-corrected chi connectivity index (χ0v) is 14.8. The molecule has 3 aromatic rings. The molecule has 2 aromatic carbocycles. The number of fused-ring (bicyclic) bond motifs is 1. The SMILES string of the molecule is COc1ccc(CC(=O)Nc2ccc(OC)c3[nH]c(C4CC4)nc23)cc1. The number of aromatic nitrogens is 2. The second-order valence-electron chi connectivity index (χ2n) is 6.51. The number of nitrogens with zero attached hydrogens (tertiary/aromatic N) is 1. The van der Waals surface area contributed by atoms with Crippen molar-refractivity contribution in [2.75, 3.05) is 19.5 Å². The van der Waals surface area contributed by atoms with E-state index in [-0.39, 0.29) is 12.3 Å². The molecule has 4 rings (SSSR count). The van der Waals surface area contributed by atoms with Crippen molar-refractivity contribution in [1.82, 2.24) is 9.97 Å². The Balaban J connectivity index is 1.56. The highest BCUT2D eigenvalue weighted by molar-refractivity contribution is 6.02. The molecule has 0 radical (unpaired) electrons. The van der Waals surface area contributed by atoms with Crippen molar-refractivity contribution in [2.45, 2.75) is 25.2 Å². The van der Waals surface area contributed by atoms with Crippen molar-refractivity contribution >= 4 is 22.6 Å². The Hall–Kier alpha value is -3.02. The molecule has 6 nitrogen and oxygen atoms in total. The number of hydrogen-bond acceptors (Lipinski definition) is 4. The normalized spacial score (nSPS) is 13.6. The fourth-order valence-electron chi connectivity index (χ4n) is 3.03. The number of aromatic amines is 1. The minimum Gasteiger partial charge on any atom is -0.497 e. The first-order valence-corrected chi connectivity index (χ1v) is 8.67. The molecule has 134 valence electrons. The van der Waals surface area contributed by atoms with Gasteiger partial charge in [-0.2, -0.15) is 0 Å². The number of anilines is 1. The van der Waals surface area contributed by atoms with Gasteiger partial charge in [-0.15, -0.1) is 0 Å². The number of imidazole rings is 1. The first-order valence-electron chi connectivity index (χ1n) is 8.67. The van der Waals surface area contributed by atoms with Crippen molar-refractivity contribution in [1.29, 1.82) is 0 Å². The van der Waals surface area contributed by atoms with E-state index in [4.69, 9.17) is 14.5 Å². The number of carbonyl (C=O) groups is 1. The van der Waals surface area contributed by atoms with Crippen LogP contribution >= 0.6 is 0 Å². The topological polar surface area (TPSA) is 76.2 Å². The number of carbonyl (C=O) groups excluding carboxylic acids is 1. The standard InChI is InChI=1S/C20H21N3O3/c1-25-14-7-3-12(4-8-14)11-17(24)21-15-9-10-16(26-2)19-18(15)22-20(23-19)13-5-6-13/h3-4,7-10,13H,5-6,11H2,1-2H3,(H,21,24)(H,22,23). The summed E-state index contributed by atoms with van der Waals surface area (Å²) < 4.78 is 10.6. The van der Waals surface area contributed by atoms with Crippen LogP contribution in [0.3, 0.4) is 0 Å². The number of H-pyrrole nitrogens is 1. The van der Waals surface area contributed by atoms with E-state index in [1.54, 1.807) is 14.2 Å². The summed E-state index contributed by atoms with van der Waals surface area (Å²) >= 11 is 0. The number of methoxy groups -OCH3 is 2. The Morgan fingerprint density at radius 1 is 1.15 bits per heavy atom. The van der Waals surface area contributed by atoms with Crippen LogP contribution < -0.4 is 14.8 Å². The summed E-state index contributed by atoms with van der Waals surface area (Å²) in [6.45, 7) is 0. The van der Waals surface area contributed by atoms with Gasteiger partial charge in [-0.3, -0.25) is 4.79 Å². The largest absolute Gasteiger partial charge is 0.497 e. The zero-order valence-electron chi connectivity index (χ0n) is 14.8. The zero-order chi connectivity index (χ0) is 18.1. The van der Waals surface area contributed by atoms with Gasteiger partial charge in [0.05, 0.1) is 26.3 Å². The van der Waals surface area contributed by atoms with Gasteiger partial charge < -0.3 is 19.8 Å². The Labute approximate surface area is 151 Å². The predicted molar refractivity (Wildman–Crippen MR) is 99.9 cm³/mol. The van der Waals surface area contributed by atoms with Crippen molar-refractivity contribution in [3.05, 3.63) is 47.8 Å². The molecule has 2 N–H and O–H groups in total. The van der Waals surface area contributed by atoms with E-state index in [0.717, 1.165) is 46.8 Å². The molecule has 1 heterocycles. The second-order valence-corrected chi connectivity index (χ2v) is 6.51. The minimum atomic E-state index is -0.0856. The molecule has 0 aliphatic heterocycles. The quantitative estimate of drug-likeness (QED) is 0.711. The molecule has 1 amide bonds. The number of hydrogen-bond donors (Lipinski definition) is 2. The minimum absolute atomic E-state index is 0.0856. The summed E-state index contributed by atoms with van der Waals surface area (Å²) in [6, 6.07) is 11.2. The van der Waals surface area contributed by atoms with E-state index in [2.05, 4.69) is 10.3 Å². The first kappa shape index (κ1) is 16.4. The maximum atomic E-state index is 12.5. The van der Waals surface area contributed by atoms with Crippen molar-refractivity contribution in [3.8, 4) is 11.5 Å². The molecule has 26 heavy (non-hydrogen) atoms. The van der Waals surface area contributed by atoms with Gasteiger partial charge in [0, 0.05) is 5.92 Å². The molecule has 0 unspecified atom stereocenters. The highest BCUT2D eigenvalue weighted by Gasteiger charge is 2.28. The maximum absolute atomic E-state index is 12.5. The van der Waals surface area contributed by atoms with Gasteiger partial charge in [0.15, 0.2) is 0 Å². The van der Waals surface area contributed by atoms with E-state index >= 15 is 0 Å². The van der Waals surface area contributed by atoms with Crippen LogP contribution in [0.2, 0.25) is 0 Å². The molecule has 0 spiro atoms. The van der Waals surface area contributed by atoms with E-state index in [1.807, 2.05) is 36.4 Å². The van der Waals surface area contributed by atoms with Crippen LogP contribution in [0.5, 0.6) is 11.5 Å². The summed E-state index contributed by atoms with van der Waals surface area (Å²) in [6.07, 6.45) is 2.60. The van der Waals surface area contributed by atoms with Crippen LogP contribution in [0.25, 0.3) is 11.0 Å². The van der Waals surface area contributed by atoms with Crippen molar-refractivity contribution in [3.63, 3.8) is 0 Å². The molecule has 0 saturated heterocycles. The number of benzene rings is 2. The predicted octanol–water partition coefficient (Wildman–Crippen LogP) is 3.64. The Morgan fingerprint density at radius 2 is 1.92 bits per heavy atom.